The van der Waals surface area contributed by atoms with Crippen LogP contribution in [0.4, 0.5) is 0 Å². The van der Waals surface area contributed by atoms with Crippen molar-refractivity contribution < 1.29 is 51.0 Å². The quantitative estimate of drug-likeness (QED) is 0.516. The third-order valence-corrected chi connectivity index (χ3v) is 12.8. The predicted octanol–water partition coefficient (Wildman–Crippen LogP) is 1.06. The Balaban J connectivity index is 0.00000225. The number of benzene rings is 2. The summed E-state index contributed by atoms with van der Waals surface area (Å²) in [4.78, 5) is 0. The van der Waals surface area contributed by atoms with Crippen molar-refractivity contribution >= 4 is 15.1 Å². The van der Waals surface area contributed by atoms with E-state index in [0.717, 1.165) is 0 Å². The number of hydrogen-bond acceptors (Lipinski definition) is 1. The SMILES string of the molecule is Cc1ccc(-c2ccc(C(C)(C)C)cc2)c2c1[CH]([Zr+2][O][SiH](C)C)C(C(C)C)=C2.[Cl-].[Cl-]. The summed E-state index contributed by atoms with van der Waals surface area (Å²) in [7, 11) is -0.961. The first-order valence-electron chi connectivity index (χ1n) is 10.5. The molecule has 2 aromatic carbocycles. The van der Waals surface area contributed by atoms with Crippen molar-refractivity contribution in [3.05, 3.63) is 64.2 Å². The molecule has 1 unspecified atom stereocenters. The van der Waals surface area contributed by atoms with Crippen LogP contribution in [0.1, 0.15) is 60.5 Å². The van der Waals surface area contributed by atoms with Crippen molar-refractivity contribution in [2.75, 3.05) is 0 Å². The van der Waals surface area contributed by atoms with Crippen molar-refractivity contribution in [1.29, 1.82) is 0 Å². The van der Waals surface area contributed by atoms with Gasteiger partial charge in [-0.25, -0.2) is 0 Å². The largest absolute Gasteiger partial charge is 1.00 e. The van der Waals surface area contributed by atoms with Crippen molar-refractivity contribution in [3.63, 3.8) is 0 Å². The van der Waals surface area contributed by atoms with Gasteiger partial charge in [-0.3, -0.25) is 0 Å². The van der Waals surface area contributed by atoms with E-state index in [2.05, 4.69) is 97.1 Å². The van der Waals surface area contributed by atoms with Gasteiger partial charge < -0.3 is 24.8 Å². The van der Waals surface area contributed by atoms with E-state index in [9.17, 15) is 0 Å². The van der Waals surface area contributed by atoms with Crippen LogP contribution in [0.3, 0.4) is 0 Å². The molecule has 0 N–H and O–H groups in total. The van der Waals surface area contributed by atoms with Gasteiger partial charge >= 0.3 is 186 Å². The molecule has 1 nitrogen and oxygen atoms in total. The summed E-state index contributed by atoms with van der Waals surface area (Å²) in [6.07, 6.45) is 2.50. The minimum absolute atomic E-state index is 0. The fourth-order valence-electron chi connectivity index (χ4n) is 3.93. The Kier molecular flexibility index (Phi) is 10.3. The van der Waals surface area contributed by atoms with Gasteiger partial charge in [-0.1, -0.05) is 0 Å². The van der Waals surface area contributed by atoms with Crippen molar-refractivity contribution in [2.45, 2.75) is 63.7 Å². The number of aryl methyl sites for hydroxylation is 1. The molecule has 0 saturated heterocycles. The average Bonchev–Trinajstić information content (AvgIpc) is 3.00. The normalized spacial score (nSPS) is 15.3. The standard InChI is InChI=1S/C23H27.C2H7OSi.2ClH.Zr/c1-15(2)18-13-21-16(3)7-12-20(22(21)14-18)17-8-10-19(11-9-17)23(4,5)6;1-4(2)3;;;/h7-15H,1-6H3;4H,1-2H3;2*1H;/q;-1;;;+3/p-2. The molecule has 3 rings (SSSR count). The summed E-state index contributed by atoms with van der Waals surface area (Å²) < 4.78 is 6.96. The van der Waals surface area contributed by atoms with Gasteiger partial charge in [0.1, 0.15) is 0 Å². The van der Waals surface area contributed by atoms with Crippen molar-refractivity contribution in [1.82, 2.24) is 0 Å². The second kappa shape index (κ2) is 11.1. The maximum absolute atomic E-state index is 6.38. The minimum Gasteiger partial charge on any atom is -1.00 e. The Morgan fingerprint density at radius 2 is 1.57 bits per heavy atom. The first-order valence-corrected chi connectivity index (χ1v) is 15.7. The molecule has 0 heterocycles. The fourth-order valence-corrected chi connectivity index (χ4v) is 9.94. The van der Waals surface area contributed by atoms with E-state index in [1.165, 1.54) is 27.8 Å². The van der Waals surface area contributed by atoms with E-state index >= 15 is 0 Å². The van der Waals surface area contributed by atoms with Gasteiger partial charge in [0.25, 0.3) is 0 Å². The van der Waals surface area contributed by atoms with Crippen LogP contribution in [-0.2, 0) is 31.6 Å². The summed E-state index contributed by atoms with van der Waals surface area (Å²) in [6, 6.07) is 13.8. The maximum atomic E-state index is 6.38. The molecule has 2 aromatic rings. The van der Waals surface area contributed by atoms with Crippen LogP contribution in [0, 0.1) is 12.8 Å². The Morgan fingerprint density at radius 1 is 0.967 bits per heavy atom. The topological polar surface area (TPSA) is 9.23 Å². The molecular weight excluding hydrogens is 506 g/mol. The van der Waals surface area contributed by atoms with Crippen LogP contribution in [-0.4, -0.2) is 9.04 Å². The second-order valence-electron chi connectivity index (χ2n) is 9.60. The molecule has 0 bridgehead atoms. The first-order chi connectivity index (χ1) is 13.1. The van der Waals surface area contributed by atoms with E-state index in [-0.39, 0.29) is 30.2 Å². The van der Waals surface area contributed by atoms with Crippen LogP contribution in [0.2, 0.25) is 13.1 Å². The van der Waals surface area contributed by atoms with Crippen LogP contribution in [0.25, 0.3) is 17.2 Å². The monoisotopic (exact) mass is 538 g/mol. The van der Waals surface area contributed by atoms with Gasteiger partial charge in [0, 0.05) is 0 Å². The number of rotatable bonds is 5. The molecule has 0 fully saturated rings. The van der Waals surface area contributed by atoms with Crippen molar-refractivity contribution in [3.8, 4) is 11.1 Å². The minimum atomic E-state index is -0.961. The van der Waals surface area contributed by atoms with E-state index in [0.29, 0.717) is 9.54 Å². The number of hydrogen-bond donors (Lipinski definition) is 0. The molecule has 0 aliphatic heterocycles. The molecule has 5 heteroatoms. The van der Waals surface area contributed by atoms with Gasteiger partial charge in [0.15, 0.2) is 0 Å². The van der Waals surface area contributed by atoms with Crippen LogP contribution in [0.5, 0.6) is 0 Å². The zero-order valence-corrected chi connectivity index (χ0v) is 24.6. The average molecular weight is 541 g/mol. The number of fused-ring (bicyclic) bond motifs is 1. The number of halogens is 2. The zero-order chi connectivity index (χ0) is 20.6. The maximum Gasteiger partial charge on any atom is -1.00 e. The van der Waals surface area contributed by atoms with E-state index < -0.39 is 32.7 Å². The summed E-state index contributed by atoms with van der Waals surface area (Å²) in [6.45, 7) is 18.4. The molecule has 162 valence electrons. The Labute approximate surface area is 209 Å². The van der Waals surface area contributed by atoms with E-state index in [4.69, 9.17) is 2.50 Å². The smallest absolute Gasteiger partial charge is 1.00 e. The zero-order valence-electron chi connectivity index (χ0n) is 19.4. The third kappa shape index (κ3) is 5.99. The summed E-state index contributed by atoms with van der Waals surface area (Å²) in [5, 5.41) is 0. The van der Waals surface area contributed by atoms with E-state index in [1.54, 1.807) is 11.1 Å². The fraction of sp³-hybridized carbons (Fsp3) is 0.440. The van der Waals surface area contributed by atoms with E-state index in [1.807, 2.05) is 0 Å². The van der Waals surface area contributed by atoms with Crippen LogP contribution >= 0.6 is 0 Å². The summed E-state index contributed by atoms with van der Waals surface area (Å²) in [5.74, 6) is 0.575. The van der Waals surface area contributed by atoms with Gasteiger partial charge in [-0.15, -0.1) is 0 Å². The third-order valence-electron chi connectivity index (χ3n) is 5.59. The van der Waals surface area contributed by atoms with Gasteiger partial charge in [0.05, 0.1) is 0 Å². The van der Waals surface area contributed by atoms with Crippen LogP contribution < -0.4 is 24.8 Å². The Hall–Kier alpha value is -0.180. The summed E-state index contributed by atoms with van der Waals surface area (Å²) >= 11 is -0.929. The van der Waals surface area contributed by atoms with Gasteiger partial charge in [0.2, 0.25) is 0 Å². The predicted molar refractivity (Wildman–Crippen MR) is 121 cm³/mol. The Bertz CT molecular complexity index is 883. The molecule has 0 amide bonds. The molecule has 1 aliphatic carbocycles. The molecule has 1 atom stereocenters. The molecule has 0 aromatic heterocycles. The molecule has 30 heavy (non-hydrogen) atoms. The molecular formula is C25H34Cl2OSiZr. The van der Waals surface area contributed by atoms with Gasteiger partial charge in [-0.05, 0) is 0 Å². The molecule has 1 aliphatic rings. The molecule has 0 saturated carbocycles. The van der Waals surface area contributed by atoms with Crippen molar-refractivity contribution in [2.24, 2.45) is 5.92 Å². The Morgan fingerprint density at radius 3 is 2.07 bits per heavy atom. The molecule has 0 radical (unpaired) electrons. The van der Waals surface area contributed by atoms with Crippen LogP contribution in [0.15, 0.2) is 42.0 Å². The first kappa shape index (κ1) is 27.9. The second-order valence-corrected chi connectivity index (χ2v) is 15.7. The summed E-state index contributed by atoms with van der Waals surface area (Å²) in [5.41, 5.74) is 10.3. The molecule has 0 spiro atoms. The van der Waals surface area contributed by atoms with Gasteiger partial charge in [-0.2, -0.15) is 0 Å². The number of allylic oxidation sites excluding steroid dienone is 1.